The number of aliphatic imine (C=N–C) groups is 1. The monoisotopic (exact) mass is 379 g/mol. The Bertz CT molecular complexity index is 929. The van der Waals surface area contributed by atoms with Crippen molar-refractivity contribution in [3.63, 3.8) is 0 Å². The van der Waals surface area contributed by atoms with Crippen molar-refractivity contribution in [1.82, 2.24) is 30.2 Å². The maximum Gasteiger partial charge on any atom is 0.213 e. The summed E-state index contributed by atoms with van der Waals surface area (Å²) in [6, 6.07) is 9.80. The molecule has 146 valence electrons. The molecule has 0 amide bonds. The number of guanidine groups is 1. The minimum atomic E-state index is 0.327. The molecule has 0 spiro atoms. The smallest absolute Gasteiger partial charge is 0.213 e. The Morgan fingerprint density at radius 1 is 1.14 bits per heavy atom. The highest BCUT2D eigenvalue weighted by atomic mass is 16.5. The van der Waals surface area contributed by atoms with Crippen molar-refractivity contribution in [2.24, 2.45) is 4.99 Å². The van der Waals surface area contributed by atoms with Crippen LogP contribution in [0.3, 0.4) is 0 Å². The predicted octanol–water partition coefficient (Wildman–Crippen LogP) is 2.31. The Morgan fingerprint density at radius 2 is 2.00 bits per heavy atom. The molecule has 0 saturated heterocycles. The van der Waals surface area contributed by atoms with Crippen LogP contribution in [0.15, 0.2) is 47.7 Å². The first-order valence-corrected chi connectivity index (χ1v) is 9.66. The minimum absolute atomic E-state index is 0.327. The van der Waals surface area contributed by atoms with Gasteiger partial charge in [-0.1, -0.05) is 12.1 Å². The third-order valence-electron chi connectivity index (χ3n) is 4.87. The molecular weight excluding hydrogens is 354 g/mol. The zero-order valence-corrected chi connectivity index (χ0v) is 16.0. The molecule has 4 rings (SSSR count). The van der Waals surface area contributed by atoms with E-state index in [2.05, 4.69) is 30.8 Å². The molecule has 0 radical (unpaired) electrons. The van der Waals surface area contributed by atoms with E-state index >= 15 is 0 Å². The number of nitrogens with one attached hydrogen (secondary N) is 2. The average molecular weight is 379 g/mol. The second kappa shape index (κ2) is 8.69. The van der Waals surface area contributed by atoms with Gasteiger partial charge in [-0.2, -0.15) is 0 Å². The summed E-state index contributed by atoms with van der Waals surface area (Å²) in [6.45, 7) is 1.15. The standard InChI is InChI=1S/C20H25N7O/c1-21-20(24-14-18-26-25-17-8-4-5-11-27(17)18)23-13-15-9-10-19(22-12-15)28-16-6-2-3-7-16/h4-5,8-12,16H,2-3,6-7,13-14H2,1H3,(H2,21,23,24). The zero-order valence-electron chi connectivity index (χ0n) is 16.0. The Hall–Kier alpha value is -3.16. The molecule has 3 heterocycles. The first kappa shape index (κ1) is 18.2. The van der Waals surface area contributed by atoms with Crippen LogP contribution in [0.25, 0.3) is 5.65 Å². The molecule has 3 aromatic heterocycles. The molecular formula is C20H25N7O. The fourth-order valence-corrected chi connectivity index (χ4v) is 3.34. The molecule has 28 heavy (non-hydrogen) atoms. The number of hydrogen-bond acceptors (Lipinski definition) is 5. The van der Waals surface area contributed by atoms with E-state index in [9.17, 15) is 0 Å². The van der Waals surface area contributed by atoms with E-state index in [0.717, 1.165) is 29.9 Å². The average Bonchev–Trinajstić information content (AvgIpc) is 3.39. The van der Waals surface area contributed by atoms with Gasteiger partial charge in [-0.05, 0) is 43.4 Å². The van der Waals surface area contributed by atoms with Crippen LogP contribution in [-0.2, 0) is 13.1 Å². The van der Waals surface area contributed by atoms with Gasteiger partial charge in [-0.3, -0.25) is 9.39 Å². The van der Waals surface area contributed by atoms with Crippen LogP contribution in [0.5, 0.6) is 5.88 Å². The van der Waals surface area contributed by atoms with E-state index < -0.39 is 0 Å². The lowest BCUT2D eigenvalue weighted by Crippen LogP contribution is -2.36. The number of pyridine rings is 2. The second-order valence-electron chi connectivity index (χ2n) is 6.85. The number of rotatable bonds is 6. The largest absolute Gasteiger partial charge is 0.474 e. The van der Waals surface area contributed by atoms with Gasteiger partial charge in [0, 0.05) is 32.1 Å². The summed E-state index contributed by atoms with van der Waals surface area (Å²) in [7, 11) is 1.74. The maximum absolute atomic E-state index is 5.91. The summed E-state index contributed by atoms with van der Waals surface area (Å²) in [4.78, 5) is 8.68. The summed E-state index contributed by atoms with van der Waals surface area (Å²) < 4.78 is 7.86. The topological polar surface area (TPSA) is 88.7 Å². The molecule has 0 aliphatic heterocycles. The van der Waals surface area contributed by atoms with Crippen LogP contribution in [0.1, 0.15) is 37.1 Å². The van der Waals surface area contributed by atoms with Gasteiger partial charge in [0.05, 0.1) is 6.54 Å². The van der Waals surface area contributed by atoms with Crippen LogP contribution in [0.2, 0.25) is 0 Å². The van der Waals surface area contributed by atoms with Crippen molar-refractivity contribution in [3.8, 4) is 5.88 Å². The first-order chi connectivity index (χ1) is 13.8. The van der Waals surface area contributed by atoms with Gasteiger partial charge in [0.25, 0.3) is 0 Å². The van der Waals surface area contributed by atoms with E-state index in [1.54, 1.807) is 7.05 Å². The zero-order chi connectivity index (χ0) is 19.2. The summed E-state index contributed by atoms with van der Waals surface area (Å²) >= 11 is 0. The molecule has 1 fully saturated rings. The Balaban J connectivity index is 1.28. The quantitative estimate of drug-likeness (QED) is 0.505. The number of nitrogens with zero attached hydrogens (tertiary/aromatic N) is 5. The van der Waals surface area contributed by atoms with Gasteiger partial charge in [-0.15, -0.1) is 10.2 Å². The van der Waals surface area contributed by atoms with Crippen LogP contribution in [-0.4, -0.2) is 38.7 Å². The second-order valence-corrected chi connectivity index (χ2v) is 6.85. The molecule has 8 nitrogen and oxygen atoms in total. The number of hydrogen-bond donors (Lipinski definition) is 2. The van der Waals surface area contributed by atoms with Gasteiger partial charge < -0.3 is 15.4 Å². The van der Waals surface area contributed by atoms with Crippen molar-refractivity contribution in [2.45, 2.75) is 44.9 Å². The van der Waals surface area contributed by atoms with E-state index in [0.29, 0.717) is 31.0 Å². The van der Waals surface area contributed by atoms with Gasteiger partial charge >= 0.3 is 0 Å². The van der Waals surface area contributed by atoms with Crippen molar-refractivity contribution in [3.05, 3.63) is 54.1 Å². The predicted molar refractivity (Wildman–Crippen MR) is 107 cm³/mol. The van der Waals surface area contributed by atoms with Crippen molar-refractivity contribution in [2.75, 3.05) is 7.05 Å². The van der Waals surface area contributed by atoms with Gasteiger partial charge in [0.15, 0.2) is 17.4 Å². The molecule has 0 bridgehead atoms. The van der Waals surface area contributed by atoms with Crippen molar-refractivity contribution < 1.29 is 4.74 Å². The van der Waals surface area contributed by atoms with Crippen molar-refractivity contribution in [1.29, 1.82) is 0 Å². The number of aromatic nitrogens is 4. The fraction of sp³-hybridized carbons (Fsp3) is 0.400. The highest BCUT2D eigenvalue weighted by molar-refractivity contribution is 5.79. The maximum atomic E-state index is 5.91. The summed E-state index contributed by atoms with van der Waals surface area (Å²) in [6.07, 6.45) is 8.89. The van der Waals surface area contributed by atoms with Gasteiger partial charge in [-0.25, -0.2) is 4.98 Å². The van der Waals surface area contributed by atoms with Crippen LogP contribution < -0.4 is 15.4 Å². The van der Waals surface area contributed by atoms with Gasteiger partial charge in [0.1, 0.15) is 6.10 Å². The van der Waals surface area contributed by atoms with Gasteiger partial charge in [0.2, 0.25) is 5.88 Å². The first-order valence-electron chi connectivity index (χ1n) is 9.66. The van der Waals surface area contributed by atoms with Crippen molar-refractivity contribution >= 4 is 11.6 Å². The third kappa shape index (κ3) is 4.39. The van der Waals surface area contributed by atoms with Crippen LogP contribution >= 0.6 is 0 Å². The SMILES string of the molecule is CN=C(NCc1ccc(OC2CCCC2)nc1)NCc1nnc2ccccn12. The molecule has 8 heteroatoms. The van der Waals surface area contributed by atoms with E-state index in [4.69, 9.17) is 4.74 Å². The normalized spacial score (nSPS) is 15.1. The fourth-order valence-electron chi connectivity index (χ4n) is 3.34. The summed E-state index contributed by atoms with van der Waals surface area (Å²) in [5, 5.41) is 14.9. The lowest BCUT2D eigenvalue weighted by atomic mass is 10.3. The molecule has 0 aromatic carbocycles. The molecule has 1 aliphatic carbocycles. The molecule has 2 N–H and O–H groups in total. The Kier molecular flexibility index (Phi) is 5.65. The van der Waals surface area contributed by atoms with Crippen LogP contribution in [0.4, 0.5) is 0 Å². The number of ether oxygens (including phenoxy) is 1. The Labute approximate surface area is 164 Å². The molecule has 0 atom stereocenters. The highest BCUT2D eigenvalue weighted by Gasteiger charge is 2.16. The third-order valence-corrected chi connectivity index (χ3v) is 4.87. The molecule has 1 aliphatic rings. The summed E-state index contributed by atoms with van der Waals surface area (Å²) in [5.74, 6) is 2.23. The Morgan fingerprint density at radius 3 is 2.79 bits per heavy atom. The molecule has 3 aromatic rings. The van der Waals surface area contributed by atoms with Crippen LogP contribution in [0, 0.1) is 0 Å². The lowest BCUT2D eigenvalue weighted by Gasteiger charge is -2.13. The summed E-state index contributed by atoms with van der Waals surface area (Å²) in [5.41, 5.74) is 1.89. The number of fused-ring (bicyclic) bond motifs is 1. The lowest BCUT2D eigenvalue weighted by molar-refractivity contribution is 0.201. The van der Waals surface area contributed by atoms with E-state index in [1.807, 2.05) is 47.1 Å². The molecule has 1 saturated carbocycles. The molecule has 0 unspecified atom stereocenters. The highest BCUT2D eigenvalue weighted by Crippen LogP contribution is 2.22. The van der Waals surface area contributed by atoms with E-state index in [-0.39, 0.29) is 0 Å². The van der Waals surface area contributed by atoms with E-state index in [1.165, 1.54) is 12.8 Å². The minimum Gasteiger partial charge on any atom is -0.474 e.